The highest BCUT2D eigenvalue weighted by atomic mass is 16.2. The third-order valence-electron chi connectivity index (χ3n) is 4.04. The van der Waals surface area contributed by atoms with Gasteiger partial charge >= 0.3 is 0 Å². The molecule has 1 aromatic rings. The average molecular weight is 290 g/mol. The van der Waals surface area contributed by atoms with Crippen LogP contribution in [0, 0.1) is 5.41 Å². The van der Waals surface area contributed by atoms with Crippen LogP contribution in [0.4, 0.5) is 0 Å². The fourth-order valence-electron chi connectivity index (χ4n) is 2.44. The predicted octanol–water partition coefficient (Wildman–Crippen LogP) is 1.10. The molecule has 2 rings (SSSR count). The highest BCUT2D eigenvalue weighted by Gasteiger charge is 2.32. The van der Waals surface area contributed by atoms with Crippen LogP contribution in [0.2, 0.25) is 0 Å². The quantitative estimate of drug-likeness (QED) is 0.905. The molecule has 5 heteroatoms. The Morgan fingerprint density at radius 2 is 1.81 bits per heavy atom. The molecule has 2 N–H and O–H groups in total. The van der Waals surface area contributed by atoms with Gasteiger partial charge in [-0.05, 0) is 23.1 Å². The summed E-state index contributed by atoms with van der Waals surface area (Å²) >= 11 is 0. The molecule has 0 aromatic carbocycles. The number of piperazine rings is 1. The van der Waals surface area contributed by atoms with E-state index in [2.05, 4.69) is 9.88 Å². The Bertz CT molecular complexity index is 461. The van der Waals surface area contributed by atoms with Gasteiger partial charge in [0.1, 0.15) is 0 Å². The number of hydrogen-bond acceptors (Lipinski definition) is 4. The van der Waals surface area contributed by atoms with Crippen LogP contribution < -0.4 is 5.73 Å². The number of aromatic nitrogens is 1. The van der Waals surface area contributed by atoms with Crippen LogP contribution in [0.15, 0.2) is 24.5 Å². The molecule has 0 spiro atoms. The number of hydrogen-bond donors (Lipinski definition) is 1. The molecule has 5 nitrogen and oxygen atoms in total. The minimum absolute atomic E-state index is 0.0751. The lowest BCUT2D eigenvalue weighted by atomic mass is 9.86. The molecule has 0 radical (unpaired) electrons. The predicted molar refractivity (Wildman–Crippen MR) is 83.5 cm³/mol. The fraction of sp³-hybridized carbons (Fsp3) is 0.625. The van der Waals surface area contributed by atoms with Crippen LogP contribution in [0.25, 0.3) is 0 Å². The number of rotatable bonds is 3. The molecule has 116 valence electrons. The van der Waals surface area contributed by atoms with Crippen molar-refractivity contribution in [3.8, 4) is 0 Å². The second kappa shape index (κ2) is 6.54. The van der Waals surface area contributed by atoms with Crippen LogP contribution in [0.3, 0.4) is 0 Å². The molecule has 1 atom stereocenters. The Labute approximate surface area is 127 Å². The van der Waals surface area contributed by atoms with Gasteiger partial charge in [0, 0.05) is 45.1 Å². The molecule has 1 aliphatic rings. The molecule has 2 heterocycles. The Morgan fingerprint density at radius 1 is 1.24 bits per heavy atom. The highest BCUT2D eigenvalue weighted by Crippen LogP contribution is 2.20. The van der Waals surface area contributed by atoms with Gasteiger partial charge in [0.2, 0.25) is 5.91 Å². The first-order valence-corrected chi connectivity index (χ1v) is 7.53. The van der Waals surface area contributed by atoms with Crippen molar-refractivity contribution >= 4 is 5.91 Å². The standard InChI is InChI=1S/C16H26N4O/c1-16(2,3)14(17)15(21)20-10-8-19(9-11-20)12-13-4-6-18-7-5-13/h4-7,14H,8-12,17H2,1-3H3/t14-/m0/s1. The maximum absolute atomic E-state index is 12.4. The summed E-state index contributed by atoms with van der Waals surface area (Å²) < 4.78 is 0. The lowest BCUT2D eigenvalue weighted by Crippen LogP contribution is -2.56. The number of pyridine rings is 1. The number of carbonyl (C=O) groups excluding carboxylic acids is 1. The minimum Gasteiger partial charge on any atom is -0.339 e. The van der Waals surface area contributed by atoms with E-state index in [1.165, 1.54) is 5.56 Å². The first-order valence-electron chi connectivity index (χ1n) is 7.53. The second-order valence-electron chi connectivity index (χ2n) is 6.80. The first kappa shape index (κ1) is 15.9. The van der Waals surface area contributed by atoms with Crippen molar-refractivity contribution in [2.24, 2.45) is 11.1 Å². The van der Waals surface area contributed by atoms with E-state index in [-0.39, 0.29) is 11.3 Å². The molecule has 1 saturated heterocycles. The summed E-state index contributed by atoms with van der Waals surface area (Å²) in [5.41, 5.74) is 7.14. The Balaban J connectivity index is 1.84. The zero-order chi connectivity index (χ0) is 15.5. The van der Waals surface area contributed by atoms with E-state index in [9.17, 15) is 4.79 Å². The summed E-state index contributed by atoms with van der Waals surface area (Å²) in [5, 5.41) is 0. The van der Waals surface area contributed by atoms with Crippen molar-refractivity contribution < 1.29 is 4.79 Å². The topological polar surface area (TPSA) is 62.5 Å². The molecule has 1 aliphatic heterocycles. The zero-order valence-corrected chi connectivity index (χ0v) is 13.2. The zero-order valence-electron chi connectivity index (χ0n) is 13.2. The summed E-state index contributed by atoms with van der Waals surface area (Å²) in [5.74, 6) is 0.0751. The number of carbonyl (C=O) groups is 1. The van der Waals surface area contributed by atoms with E-state index < -0.39 is 6.04 Å². The summed E-state index contributed by atoms with van der Waals surface area (Å²) in [7, 11) is 0. The average Bonchev–Trinajstić information content (AvgIpc) is 2.46. The van der Waals surface area contributed by atoms with Crippen molar-refractivity contribution in [2.45, 2.75) is 33.4 Å². The molecule has 0 bridgehead atoms. The van der Waals surface area contributed by atoms with E-state index in [0.717, 1.165) is 32.7 Å². The summed E-state index contributed by atoms with van der Waals surface area (Å²) in [6.45, 7) is 10.2. The lowest BCUT2D eigenvalue weighted by molar-refractivity contribution is -0.136. The summed E-state index contributed by atoms with van der Waals surface area (Å²) in [6, 6.07) is 3.64. The van der Waals surface area contributed by atoms with E-state index in [0.29, 0.717) is 0 Å². The van der Waals surface area contributed by atoms with Crippen molar-refractivity contribution in [1.82, 2.24) is 14.8 Å². The Morgan fingerprint density at radius 3 is 2.33 bits per heavy atom. The van der Waals surface area contributed by atoms with Gasteiger partial charge in [-0.2, -0.15) is 0 Å². The van der Waals surface area contributed by atoms with E-state index in [4.69, 9.17) is 5.73 Å². The number of amides is 1. The third-order valence-corrected chi connectivity index (χ3v) is 4.04. The summed E-state index contributed by atoms with van der Waals surface area (Å²) in [6.07, 6.45) is 3.63. The van der Waals surface area contributed by atoms with Crippen LogP contribution in [0.1, 0.15) is 26.3 Å². The van der Waals surface area contributed by atoms with Gasteiger partial charge in [0.25, 0.3) is 0 Å². The van der Waals surface area contributed by atoms with Gasteiger partial charge in [-0.3, -0.25) is 14.7 Å². The smallest absolute Gasteiger partial charge is 0.240 e. The number of nitrogens with zero attached hydrogens (tertiary/aromatic N) is 3. The molecule has 21 heavy (non-hydrogen) atoms. The van der Waals surface area contributed by atoms with Gasteiger partial charge in [-0.1, -0.05) is 20.8 Å². The van der Waals surface area contributed by atoms with Gasteiger partial charge in [-0.25, -0.2) is 0 Å². The first-order chi connectivity index (χ1) is 9.88. The normalized spacial score (nSPS) is 18.6. The molecule has 0 aliphatic carbocycles. The van der Waals surface area contributed by atoms with Gasteiger partial charge in [0.05, 0.1) is 6.04 Å². The second-order valence-corrected chi connectivity index (χ2v) is 6.80. The Kier molecular flexibility index (Phi) is 4.96. The van der Waals surface area contributed by atoms with E-state index in [1.807, 2.05) is 50.2 Å². The molecule has 1 amide bonds. The highest BCUT2D eigenvalue weighted by molar-refractivity contribution is 5.82. The minimum atomic E-state index is -0.427. The van der Waals surface area contributed by atoms with Crippen LogP contribution in [-0.2, 0) is 11.3 Å². The largest absolute Gasteiger partial charge is 0.339 e. The van der Waals surface area contributed by atoms with Crippen LogP contribution in [-0.4, -0.2) is 52.9 Å². The van der Waals surface area contributed by atoms with Crippen molar-refractivity contribution in [3.05, 3.63) is 30.1 Å². The number of nitrogens with two attached hydrogens (primary N) is 1. The van der Waals surface area contributed by atoms with Crippen molar-refractivity contribution in [1.29, 1.82) is 0 Å². The van der Waals surface area contributed by atoms with Gasteiger partial charge < -0.3 is 10.6 Å². The van der Waals surface area contributed by atoms with E-state index >= 15 is 0 Å². The molecular formula is C16H26N4O. The summed E-state index contributed by atoms with van der Waals surface area (Å²) in [4.78, 5) is 20.7. The maximum Gasteiger partial charge on any atom is 0.240 e. The van der Waals surface area contributed by atoms with Gasteiger partial charge in [0.15, 0.2) is 0 Å². The lowest BCUT2D eigenvalue weighted by Gasteiger charge is -2.38. The fourth-order valence-corrected chi connectivity index (χ4v) is 2.44. The van der Waals surface area contributed by atoms with Crippen molar-refractivity contribution in [3.63, 3.8) is 0 Å². The Hall–Kier alpha value is -1.46. The van der Waals surface area contributed by atoms with Crippen LogP contribution in [0.5, 0.6) is 0 Å². The maximum atomic E-state index is 12.4. The molecular weight excluding hydrogens is 264 g/mol. The van der Waals surface area contributed by atoms with Crippen LogP contribution >= 0.6 is 0 Å². The molecule has 1 fully saturated rings. The molecule has 0 unspecified atom stereocenters. The SMILES string of the molecule is CC(C)(C)[C@@H](N)C(=O)N1CCN(Cc2ccncc2)CC1. The molecule has 1 aromatic heterocycles. The van der Waals surface area contributed by atoms with Crippen molar-refractivity contribution in [2.75, 3.05) is 26.2 Å². The monoisotopic (exact) mass is 290 g/mol. The van der Waals surface area contributed by atoms with Gasteiger partial charge in [-0.15, -0.1) is 0 Å². The van der Waals surface area contributed by atoms with E-state index in [1.54, 1.807) is 0 Å². The third kappa shape index (κ3) is 4.25. The molecule has 0 saturated carbocycles.